The number of pyridine rings is 1. The predicted molar refractivity (Wildman–Crippen MR) is 111 cm³/mol. The monoisotopic (exact) mass is 431 g/mol. The van der Waals surface area contributed by atoms with Crippen LogP contribution in [0.15, 0.2) is 35.8 Å². The van der Waals surface area contributed by atoms with E-state index in [0.717, 1.165) is 43.4 Å². The SMILES string of the molecule is C=CCCCN(C)C(=NCc1cccc(N(C)C)n1)NCC.I. The van der Waals surface area contributed by atoms with Crippen LogP contribution in [0.3, 0.4) is 0 Å². The van der Waals surface area contributed by atoms with Crippen LogP contribution in [0, 0.1) is 0 Å². The Morgan fingerprint density at radius 3 is 2.70 bits per heavy atom. The number of hydrogen-bond acceptors (Lipinski definition) is 3. The Morgan fingerprint density at radius 1 is 1.35 bits per heavy atom. The van der Waals surface area contributed by atoms with E-state index < -0.39 is 0 Å². The van der Waals surface area contributed by atoms with Gasteiger partial charge in [0.1, 0.15) is 5.82 Å². The number of nitrogens with zero attached hydrogens (tertiary/aromatic N) is 4. The summed E-state index contributed by atoms with van der Waals surface area (Å²) < 4.78 is 0. The summed E-state index contributed by atoms with van der Waals surface area (Å²) in [4.78, 5) is 13.4. The fourth-order valence-corrected chi connectivity index (χ4v) is 2.01. The molecule has 5 nitrogen and oxygen atoms in total. The van der Waals surface area contributed by atoms with Crippen LogP contribution in [0.5, 0.6) is 0 Å². The van der Waals surface area contributed by atoms with Crippen molar-refractivity contribution in [2.75, 3.05) is 39.1 Å². The van der Waals surface area contributed by atoms with Crippen LogP contribution in [0.25, 0.3) is 0 Å². The van der Waals surface area contributed by atoms with Gasteiger partial charge in [-0.05, 0) is 31.9 Å². The molecule has 1 aromatic heterocycles. The Hall–Kier alpha value is -1.31. The lowest BCUT2D eigenvalue weighted by molar-refractivity contribution is 0.470. The number of halogens is 1. The molecule has 1 rings (SSSR count). The Labute approximate surface area is 157 Å². The lowest BCUT2D eigenvalue weighted by atomic mass is 10.3. The number of hydrogen-bond donors (Lipinski definition) is 1. The molecular weight excluding hydrogens is 401 g/mol. The summed E-state index contributed by atoms with van der Waals surface area (Å²) >= 11 is 0. The highest BCUT2D eigenvalue weighted by Crippen LogP contribution is 2.08. The average Bonchev–Trinajstić information content (AvgIpc) is 2.51. The van der Waals surface area contributed by atoms with Gasteiger partial charge >= 0.3 is 0 Å². The highest BCUT2D eigenvalue weighted by Gasteiger charge is 2.05. The molecule has 0 aromatic carbocycles. The second kappa shape index (κ2) is 12.2. The molecule has 1 N–H and O–H groups in total. The Bertz CT molecular complexity index is 488. The highest BCUT2D eigenvalue weighted by molar-refractivity contribution is 14.0. The van der Waals surface area contributed by atoms with Gasteiger partial charge in [-0.15, -0.1) is 30.6 Å². The maximum atomic E-state index is 4.69. The van der Waals surface area contributed by atoms with Crippen LogP contribution >= 0.6 is 24.0 Å². The number of guanidine groups is 1. The first-order chi connectivity index (χ1) is 10.6. The van der Waals surface area contributed by atoms with E-state index in [1.54, 1.807) is 0 Å². The van der Waals surface area contributed by atoms with Crippen molar-refractivity contribution < 1.29 is 0 Å². The molecule has 0 saturated heterocycles. The normalized spacial score (nSPS) is 10.7. The van der Waals surface area contributed by atoms with Crippen molar-refractivity contribution >= 4 is 35.8 Å². The highest BCUT2D eigenvalue weighted by atomic mass is 127. The quantitative estimate of drug-likeness (QED) is 0.226. The standard InChI is InChI=1S/C17H29N5.HI/c1-6-8-9-13-22(5)17(18-7-2)19-14-15-11-10-12-16(20-15)21(3)4;/h6,10-12H,1,7-9,13-14H2,2-5H3,(H,18,19);1H. The van der Waals surface area contributed by atoms with Gasteiger partial charge in [-0.1, -0.05) is 12.1 Å². The van der Waals surface area contributed by atoms with Crippen molar-refractivity contribution in [3.8, 4) is 0 Å². The van der Waals surface area contributed by atoms with Gasteiger partial charge < -0.3 is 15.1 Å². The van der Waals surface area contributed by atoms with E-state index in [9.17, 15) is 0 Å². The molecule has 0 bridgehead atoms. The molecule has 1 heterocycles. The van der Waals surface area contributed by atoms with E-state index in [-0.39, 0.29) is 24.0 Å². The Morgan fingerprint density at radius 2 is 2.09 bits per heavy atom. The molecule has 6 heteroatoms. The first-order valence-electron chi connectivity index (χ1n) is 7.82. The summed E-state index contributed by atoms with van der Waals surface area (Å²) in [7, 11) is 6.05. The third-order valence-corrected chi connectivity index (χ3v) is 3.24. The van der Waals surface area contributed by atoms with Crippen LogP contribution in [0.4, 0.5) is 5.82 Å². The number of nitrogens with one attached hydrogen (secondary N) is 1. The minimum Gasteiger partial charge on any atom is -0.363 e. The molecule has 0 fully saturated rings. The second-order valence-electron chi connectivity index (χ2n) is 5.40. The Balaban J connectivity index is 0.00000484. The zero-order valence-electron chi connectivity index (χ0n) is 14.7. The maximum Gasteiger partial charge on any atom is 0.194 e. The fourth-order valence-electron chi connectivity index (χ4n) is 2.01. The molecule has 0 atom stereocenters. The number of anilines is 1. The minimum atomic E-state index is 0. The molecule has 0 unspecified atom stereocenters. The molecule has 0 aliphatic rings. The van der Waals surface area contributed by atoms with Gasteiger partial charge in [-0.3, -0.25) is 0 Å². The van der Waals surface area contributed by atoms with Crippen molar-refractivity contribution in [3.05, 3.63) is 36.5 Å². The molecule has 0 amide bonds. The molecule has 23 heavy (non-hydrogen) atoms. The third kappa shape index (κ3) is 8.20. The summed E-state index contributed by atoms with van der Waals surface area (Å²) in [6.07, 6.45) is 4.06. The molecule has 1 aromatic rings. The molecule has 130 valence electrons. The number of aromatic nitrogens is 1. The molecule has 0 aliphatic heterocycles. The van der Waals surface area contributed by atoms with Gasteiger partial charge in [-0.2, -0.15) is 0 Å². The summed E-state index contributed by atoms with van der Waals surface area (Å²) in [5.74, 6) is 1.88. The van der Waals surface area contributed by atoms with Crippen LogP contribution in [0.1, 0.15) is 25.5 Å². The Kier molecular flexibility index (Phi) is 11.5. The molecule has 0 radical (unpaired) electrons. The fraction of sp³-hybridized carbons (Fsp3) is 0.529. The summed E-state index contributed by atoms with van der Waals surface area (Å²) in [6, 6.07) is 6.03. The number of allylic oxidation sites excluding steroid dienone is 1. The lowest BCUT2D eigenvalue weighted by Crippen LogP contribution is -2.39. The predicted octanol–water partition coefficient (Wildman–Crippen LogP) is 3.13. The minimum absolute atomic E-state index is 0. The van der Waals surface area contributed by atoms with Crippen molar-refractivity contribution in [2.24, 2.45) is 4.99 Å². The largest absolute Gasteiger partial charge is 0.363 e. The number of unbranched alkanes of at least 4 members (excludes halogenated alkanes) is 1. The van der Waals surface area contributed by atoms with Gasteiger partial charge in [-0.25, -0.2) is 9.98 Å². The van der Waals surface area contributed by atoms with E-state index in [4.69, 9.17) is 0 Å². The van der Waals surface area contributed by atoms with E-state index in [0.29, 0.717) is 6.54 Å². The van der Waals surface area contributed by atoms with Crippen LogP contribution in [-0.4, -0.2) is 50.1 Å². The molecule has 0 spiro atoms. The van der Waals surface area contributed by atoms with Crippen LogP contribution < -0.4 is 10.2 Å². The number of aliphatic imine (C=N–C) groups is 1. The van der Waals surface area contributed by atoms with E-state index in [2.05, 4.69) is 40.7 Å². The van der Waals surface area contributed by atoms with Crippen molar-refractivity contribution in [2.45, 2.75) is 26.3 Å². The molecule has 0 saturated carbocycles. The van der Waals surface area contributed by atoms with Crippen molar-refractivity contribution in [1.82, 2.24) is 15.2 Å². The zero-order chi connectivity index (χ0) is 16.4. The second-order valence-corrected chi connectivity index (χ2v) is 5.40. The van der Waals surface area contributed by atoms with Crippen molar-refractivity contribution in [1.29, 1.82) is 0 Å². The smallest absolute Gasteiger partial charge is 0.194 e. The third-order valence-electron chi connectivity index (χ3n) is 3.24. The molecular formula is C17H30IN5. The van der Waals surface area contributed by atoms with Crippen LogP contribution in [0.2, 0.25) is 0 Å². The van der Waals surface area contributed by atoms with Crippen molar-refractivity contribution in [3.63, 3.8) is 0 Å². The lowest BCUT2D eigenvalue weighted by Gasteiger charge is -2.21. The van der Waals surface area contributed by atoms with Crippen LogP contribution in [-0.2, 0) is 6.54 Å². The summed E-state index contributed by atoms with van der Waals surface area (Å²) in [5, 5.41) is 3.33. The zero-order valence-corrected chi connectivity index (χ0v) is 17.1. The summed E-state index contributed by atoms with van der Waals surface area (Å²) in [6.45, 7) is 8.24. The van der Waals surface area contributed by atoms with E-state index in [1.165, 1.54) is 0 Å². The molecule has 0 aliphatic carbocycles. The van der Waals surface area contributed by atoms with Gasteiger partial charge in [0.15, 0.2) is 5.96 Å². The first kappa shape index (κ1) is 21.7. The van der Waals surface area contributed by atoms with Gasteiger partial charge in [0.2, 0.25) is 0 Å². The average molecular weight is 431 g/mol. The first-order valence-corrected chi connectivity index (χ1v) is 7.82. The topological polar surface area (TPSA) is 43.8 Å². The number of rotatable bonds is 8. The summed E-state index contributed by atoms with van der Waals surface area (Å²) in [5.41, 5.74) is 0.973. The van der Waals surface area contributed by atoms with Gasteiger partial charge in [0, 0.05) is 34.2 Å². The van der Waals surface area contributed by atoms with E-state index in [1.807, 2.05) is 43.3 Å². The van der Waals surface area contributed by atoms with Gasteiger partial charge in [0.05, 0.1) is 12.2 Å². The van der Waals surface area contributed by atoms with E-state index >= 15 is 0 Å². The maximum absolute atomic E-state index is 4.69. The van der Waals surface area contributed by atoms with Gasteiger partial charge in [0.25, 0.3) is 0 Å².